The average molecular weight is 270 g/mol. The first-order valence-electron chi connectivity index (χ1n) is 6.97. The maximum absolute atomic E-state index is 5.78. The van der Waals surface area contributed by atoms with Gasteiger partial charge in [0.25, 0.3) is 0 Å². The lowest BCUT2D eigenvalue weighted by Gasteiger charge is -2.35. The van der Waals surface area contributed by atoms with Crippen molar-refractivity contribution in [1.29, 1.82) is 0 Å². The zero-order chi connectivity index (χ0) is 13.2. The van der Waals surface area contributed by atoms with E-state index in [0.717, 1.165) is 24.7 Å². The summed E-state index contributed by atoms with van der Waals surface area (Å²) in [6, 6.07) is 0.537. The second-order valence-electron chi connectivity index (χ2n) is 6.72. The lowest BCUT2D eigenvalue weighted by Crippen LogP contribution is -2.46. The van der Waals surface area contributed by atoms with Crippen molar-refractivity contribution >= 4 is 16.9 Å². The Labute approximate surface area is 115 Å². The molecule has 2 saturated heterocycles. The van der Waals surface area contributed by atoms with Crippen LogP contribution < -0.4 is 5.32 Å². The molecular weight excluding hydrogens is 244 g/mol. The Hall–Kier alpha value is -0.220. The minimum Gasteiger partial charge on any atom is -0.373 e. The first kappa shape index (κ1) is 14.2. The van der Waals surface area contributed by atoms with Gasteiger partial charge in [0.15, 0.2) is 5.17 Å². The monoisotopic (exact) mass is 270 g/mol. The number of amidine groups is 1. The smallest absolute Gasteiger partial charge is 0.156 e. The van der Waals surface area contributed by atoms with Gasteiger partial charge in [0, 0.05) is 18.4 Å². The molecule has 18 heavy (non-hydrogen) atoms. The van der Waals surface area contributed by atoms with Crippen LogP contribution in [0, 0.1) is 5.41 Å². The zero-order valence-corrected chi connectivity index (χ0v) is 12.9. The summed E-state index contributed by atoms with van der Waals surface area (Å²) in [7, 11) is 0. The Morgan fingerprint density at radius 1 is 1.50 bits per heavy atom. The van der Waals surface area contributed by atoms with Crippen molar-refractivity contribution in [2.45, 2.75) is 58.6 Å². The molecule has 2 aliphatic heterocycles. The van der Waals surface area contributed by atoms with E-state index < -0.39 is 0 Å². The van der Waals surface area contributed by atoms with Crippen molar-refractivity contribution in [3.05, 3.63) is 0 Å². The van der Waals surface area contributed by atoms with Gasteiger partial charge in [-0.2, -0.15) is 0 Å². The standard InChI is InChI=1S/C14H26N2OS/c1-13(2,3)11-6-9-18-12(16-11)15-10-14(4)7-5-8-17-14/h11H,5-10H2,1-4H3,(H,15,16). The van der Waals surface area contributed by atoms with Crippen molar-refractivity contribution in [1.82, 2.24) is 5.32 Å². The zero-order valence-electron chi connectivity index (χ0n) is 12.1. The van der Waals surface area contributed by atoms with E-state index >= 15 is 0 Å². The van der Waals surface area contributed by atoms with Crippen LogP contribution in [-0.2, 0) is 4.74 Å². The number of hydrogen-bond acceptors (Lipinski definition) is 3. The summed E-state index contributed by atoms with van der Waals surface area (Å²) < 4.78 is 5.78. The number of ether oxygens (including phenoxy) is 1. The fourth-order valence-corrected chi connectivity index (χ4v) is 3.41. The summed E-state index contributed by atoms with van der Waals surface area (Å²) in [5.41, 5.74) is 0.277. The molecule has 104 valence electrons. The summed E-state index contributed by atoms with van der Waals surface area (Å²) in [6.07, 6.45) is 3.53. The molecule has 0 amide bonds. The van der Waals surface area contributed by atoms with Crippen LogP contribution in [0.2, 0.25) is 0 Å². The van der Waals surface area contributed by atoms with E-state index in [1.54, 1.807) is 0 Å². The minimum absolute atomic E-state index is 0.0239. The fourth-order valence-electron chi connectivity index (χ4n) is 2.48. The summed E-state index contributed by atoms with van der Waals surface area (Å²) in [6.45, 7) is 10.7. The molecule has 2 fully saturated rings. The molecule has 0 spiro atoms. The molecule has 4 heteroatoms. The molecule has 0 aromatic carbocycles. The first-order valence-corrected chi connectivity index (χ1v) is 7.95. The Bertz CT molecular complexity index is 316. The van der Waals surface area contributed by atoms with Crippen LogP contribution in [-0.4, -0.2) is 35.7 Å². The Morgan fingerprint density at radius 3 is 2.89 bits per heavy atom. The molecule has 2 aliphatic rings. The van der Waals surface area contributed by atoms with Crippen molar-refractivity contribution < 1.29 is 4.74 Å². The van der Waals surface area contributed by atoms with E-state index in [4.69, 9.17) is 9.73 Å². The van der Waals surface area contributed by atoms with Crippen LogP contribution in [0.1, 0.15) is 47.0 Å². The maximum Gasteiger partial charge on any atom is 0.156 e. The van der Waals surface area contributed by atoms with Gasteiger partial charge in [0.1, 0.15) is 0 Å². The lowest BCUT2D eigenvalue weighted by atomic mass is 9.85. The Kier molecular flexibility index (Phi) is 4.27. The minimum atomic E-state index is -0.0239. The van der Waals surface area contributed by atoms with Gasteiger partial charge in [-0.05, 0) is 31.6 Å². The molecule has 0 aromatic heterocycles. The van der Waals surface area contributed by atoms with E-state index in [0.29, 0.717) is 11.5 Å². The van der Waals surface area contributed by atoms with Crippen LogP contribution in [0.25, 0.3) is 0 Å². The van der Waals surface area contributed by atoms with Gasteiger partial charge in [-0.3, -0.25) is 4.99 Å². The number of rotatable bonds is 2. The largest absolute Gasteiger partial charge is 0.373 e. The van der Waals surface area contributed by atoms with E-state index in [9.17, 15) is 0 Å². The highest BCUT2D eigenvalue weighted by atomic mass is 32.2. The van der Waals surface area contributed by atoms with Crippen LogP contribution in [0.3, 0.4) is 0 Å². The normalized spacial score (nSPS) is 35.8. The van der Waals surface area contributed by atoms with Gasteiger partial charge in [0.2, 0.25) is 0 Å². The fraction of sp³-hybridized carbons (Fsp3) is 0.929. The highest BCUT2D eigenvalue weighted by Gasteiger charge is 2.31. The molecule has 2 heterocycles. The van der Waals surface area contributed by atoms with Crippen LogP contribution in [0.5, 0.6) is 0 Å². The van der Waals surface area contributed by atoms with Crippen molar-refractivity contribution in [3.8, 4) is 0 Å². The van der Waals surface area contributed by atoms with E-state index in [1.165, 1.54) is 18.6 Å². The van der Waals surface area contributed by atoms with Crippen molar-refractivity contribution in [2.75, 3.05) is 18.9 Å². The number of hydrogen-bond donors (Lipinski definition) is 1. The van der Waals surface area contributed by atoms with Gasteiger partial charge in [-0.1, -0.05) is 32.5 Å². The van der Waals surface area contributed by atoms with Crippen LogP contribution >= 0.6 is 11.8 Å². The van der Waals surface area contributed by atoms with Crippen molar-refractivity contribution in [3.63, 3.8) is 0 Å². The van der Waals surface area contributed by atoms with Gasteiger partial charge < -0.3 is 10.1 Å². The maximum atomic E-state index is 5.78. The first-order chi connectivity index (χ1) is 8.39. The Balaban J connectivity index is 1.92. The average Bonchev–Trinajstić information content (AvgIpc) is 2.74. The predicted octanol–water partition coefficient (Wildman–Crippen LogP) is 3.05. The highest BCUT2D eigenvalue weighted by molar-refractivity contribution is 8.13. The lowest BCUT2D eigenvalue weighted by molar-refractivity contribution is 0.0284. The highest BCUT2D eigenvalue weighted by Crippen LogP contribution is 2.29. The SMILES string of the molecule is CC1(CN=C2NC(C(C)(C)C)CCS2)CCCO1. The van der Waals surface area contributed by atoms with Crippen LogP contribution in [0.4, 0.5) is 0 Å². The summed E-state index contributed by atoms with van der Waals surface area (Å²) in [4.78, 5) is 4.74. The quantitative estimate of drug-likeness (QED) is 0.837. The van der Waals surface area contributed by atoms with Crippen molar-refractivity contribution in [2.24, 2.45) is 10.4 Å². The Morgan fingerprint density at radius 2 is 2.28 bits per heavy atom. The third-order valence-corrected chi connectivity index (χ3v) is 4.81. The number of aliphatic imine (C=N–C) groups is 1. The molecule has 2 atom stereocenters. The van der Waals surface area contributed by atoms with Gasteiger partial charge in [-0.15, -0.1) is 0 Å². The van der Waals surface area contributed by atoms with Gasteiger partial charge >= 0.3 is 0 Å². The summed E-state index contributed by atoms with van der Waals surface area (Å²) >= 11 is 1.85. The number of nitrogens with one attached hydrogen (secondary N) is 1. The number of nitrogens with zero attached hydrogens (tertiary/aromatic N) is 1. The molecule has 0 aromatic rings. The second-order valence-corrected chi connectivity index (χ2v) is 7.81. The molecule has 0 aliphatic carbocycles. The third kappa shape index (κ3) is 3.64. The third-order valence-electron chi connectivity index (χ3n) is 3.85. The van der Waals surface area contributed by atoms with Gasteiger partial charge in [-0.25, -0.2) is 0 Å². The van der Waals surface area contributed by atoms with E-state index in [-0.39, 0.29) is 5.60 Å². The second kappa shape index (κ2) is 5.41. The molecular formula is C14H26N2OS. The topological polar surface area (TPSA) is 33.6 Å². The molecule has 0 saturated carbocycles. The molecule has 0 radical (unpaired) electrons. The number of thioether (sulfide) groups is 1. The summed E-state index contributed by atoms with van der Waals surface area (Å²) in [5.74, 6) is 1.17. The van der Waals surface area contributed by atoms with Crippen LogP contribution in [0.15, 0.2) is 4.99 Å². The van der Waals surface area contributed by atoms with E-state index in [1.807, 2.05) is 11.8 Å². The molecule has 3 nitrogen and oxygen atoms in total. The molecule has 0 bridgehead atoms. The molecule has 2 rings (SSSR count). The summed E-state index contributed by atoms with van der Waals surface area (Å²) in [5, 5.41) is 4.70. The van der Waals surface area contributed by atoms with Gasteiger partial charge in [0.05, 0.1) is 12.1 Å². The molecule has 2 unspecified atom stereocenters. The van der Waals surface area contributed by atoms with E-state index in [2.05, 4.69) is 33.0 Å². The molecule has 1 N–H and O–H groups in total. The predicted molar refractivity (Wildman–Crippen MR) is 79.3 cm³/mol.